The van der Waals surface area contributed by atoms with Gasteiger partial charge in [-0.25, -0.2) is 4.79 Å². The molecule has 0 saturated heterocycles. The second kappa shape index (κ2) is 12.8. The molecule has 0 fully saturated rings. The highest BCUT2D eigenvalue weighted by Gasteiger charge is 2.11. The maximum absolute atomic E-state index is 11.9. The van der Waals surface area contributed by atoms with Gasteiger partial charge in [0.1, 0.15) is 0 Å². The highest BCUT2D eigenvalue weighted by atomic mass is 32.2. The Kier molecular flexibility index (Phi) is 12.4. The molecule has 18 heavy (non-hydrogen) atoms. The lowest BCUT2D eigenvalue weighted by Crippen LogP contribution is -2.36. The first kappa shape index (κ1) is 17.4. The lowest BCUT2D eigenvalue weighted by Gasteiger charge is -2.20. The molecule has 0 radical (unpaired) electrons. The predicted octanol–water partition coefficient (Wildman–Crippen LogP) is 4.21. The van der Waals surface area contributed by atoms with Gasteiger partial charge in [-0.15, -0.1) is 6.58 Å². The molecule has 0 saturated carbocycles. The Morgan fingerprint density at radius 3 is 2.50 bits per heavy atom. The number of nitrogens with one attached hydrogen (secondary N) is 1. The third kappa shape index (κ3) is 9.40. The van der Waals surface area contributed by atoms with Crippen LogP contribution in [0.3, 0.4) is 0 Å². The summed E-state index contributed by atoms with van der Waals surface area (Å²) in [4.78, 5) is 11.9. The molecule has 1 N–H and O–H groups in total. The first-order valence-electron chi connectivity index (χ1n) is 7.05. The van der Waals surface area contributed by atoms with Gasteiger partial charge >= 0.3 is 6.03 Å². The van der Waals surface area contributed by atoms with Gasteiger partial charge in [0.25, 0.3) is 0 Å². The van der Waals surface area contributed by atoms with Crippen LogP contribution in [0.25, 0.3) is 0 Å². The van der Waals surface area contributed by atoms with Crippen LogP contribution in [0.4, 0.5) is 4.79 Å². The fraction of sp³-hybridized carbons (Fsp3) is 0.786. The molecule has 0 bridgehead atoms. The van der Waals surface area contributed by atoms with E-state index >= 15 is 0 Å². The van der Waals surface area contributed by atoms with E-state index in [0.717, 1.165) is 25.1 Å². The summed E-state index contributed by atoms with van der Waals surface area (Å²) in [7, 11) is 0. The van der Waals surface area contributed by atoms with Gasteiger partial charge in [0.05, 0.1) is 6.54 Å². The van der Waals surface area contributed by atoms with Crippen LogP contribution in [0.2, 0.25) is 0 Å². The van der Waals surface area contributed by atoms with Gasteiger partial charge < -0.3 is 5.32 Å². The second-order valence-corrected chi connectivity index (χ2v) is 5.44. The zero-order valence-corrected chi connectivity index (χ0v) is 12.7. The molecule has 106 valence electrons. The fourth-order valence-corrected chi connectivity index (χ4v) is 2.44. The number of urea groups is 1. The van der Waals surface area contributed by atoms with Crippen LogP contribution in [0.1, 0.15) is 52.4 Å². The van der Waals surface area contributed by atoms with Crippen LogP contribution in [-0.2, 0) is 0 Å². The summed E-state index contributed by atoms with van der Waals surface area (Å²) in [5, 5.41) is 2.96. The Balaban J connectivity index is 3.83. The van der Waals surface area contributed by atoms with Crippen LogP contribution in [0, 0.1) is 0 Å². The van der Waals surface area contributed by atoms with E-state index in [9.17, 15) is 4.79 Å². The quantitative estimate of drug-likeness (QED) is 0.347. The summed E-state index contributed by atoms with van der Waals surface area (Å²) in [5.74, 6) is 1.00. The topological polar surface area (TPSA) is 32.3 Å². The number of hydrogen-bond donors (Lipinski definition) is 1. The van der Waals surface area contributed by atoms with Crippen molar-refractivity contribution in [3.63, 3.8) is 0 Å². The van der Waals surface area contributed by atoms with Crippen molar-refractivity contribution in [1.29, 1.82) is 0 Å². The van der Waals surface area contributed by atoms with Gasteiger partial charge in [-0.05, 0) is 24.8 Å². The molecule has 0 spiro atoms. The van der Waals surface area contributed by atoms with E-state index in [-0.39, 0.29) is 6.03 Å². The van der Waals surface area contributed by atoms with Crippen molar-refractivity contribution in [2.45, 2.75) is 52.4 Å². The zero-order chi connectivity index (χ0) is 13.6. The van der Waals surface area contributed by atoms with E-state index < -0.39 is 0 Å². The van der Waals surface area contributed by atoms with Crippen LogP contribution in [0.5, 0.6) is 0 Å². The minimum absolute atomic E-state index is 0.0208. The summed E-state index contributed by atoms with van der Waals surface area (Å²) >= 11 is 1.61. The highest BCUT2D eigenvalue weighted by molar-refractivity contribution is 7.97. The number of hydrogen-bond acceptors (Lipinski definition) is 2. The standard InChI is InChI=1S/C14H28N2OS/c1-4-7-9-11-15-14(17)16(12-6-3)18-13-10-8-5-2/h6H,3-5,7-13H2,1-2H3,(H,15,17). The molecule has 0 atom stereocenters. The Bertz CT molecular complexity index is 222. The monoisotopic (exact) mass is 272 g/mol. The Morgan fingerprint density at radius 2 is 1.89 bits per heavy atom. The first-order chi connectivity index (χ1) is 8.76. The molecule has 0 unspecified atom stereocenters. The van der Waals surface area contributed by atoms with Crippen molar-refractivity contribution in [3.8, 4) is 0 Å². The third-order valence-electron chi connectivity index (χ3n) is 2.57. The largest absolute Gasteiger partial charge is 0.337 e. The average molecular weight is 272 g/mol. The molecule has 0 aliphatic heterocycles. The number of amides is 2. The van der Waals surface area contributed by atoms with E-state index in [2.05, 4.69) is 25.7 Å². The lowest BCUT2D eigenvalue weighted by atomic mass is 10.2. The summed E-state index contributed by atoms with van der Waals surface area (Å²) in [6.07, 6.45) is 8.79. The maximum atomic E-state index is 11.9. The molecule has 0 aromatic heterocycles. The molecule has 0 heterocycles. The number of carbonyl (C=O) groups excluding carboxylic acids is 1. The number of unbranched alkanes of at least 4 members (excludes halogenated alkanes) is 4. The van der Waals surface area contributed by atoms with Gasteiger partial charge in [-0.3, -0.25) is 4.31 Å². The molecular weight excluding hydrogens is 244 g/mol. The van der Waals surface area contributed by atoms with E-state index in [1.807, 2.05) is 0 Å². The zero-order valence-electron chi connectivity index (χ0n) is 11.9. The van der Waals surface area contributed by atoms with Crippen LogP contribution in [0.15, 0.2) is 12.7 Å². The molecule has 0 rings (SSSR count). The fourth-order valence-electron chi connectivity index (χ4n) is 1.50. The Labute approximate surface area is 117 Å². The van der Waals surface area contributed by atoms with Crippen molar-refractivity contribution >= 4 is 18.0 Å². The summed E-state index contributed by atoms with van der Waals surface area (Å²) in [6, 6.07) is 0.0208. The summed E-state index contributed by atoms with van der Waals surface area (Å²) in [5.41, 5.74) is 0. The molecule has 2 amide bonds. The van der Waals surface area contributed by atoms with E-state index in [4.69, 9.17) is 0 Å². The van der Waals surface area contributed by atoms with Crippen molar-refractivity contribution in [3.05, 3.63) is 12.7 Å². The van der Waals surface area contributed by atoms with Gasteiger partial charge in [0, 0.05) is 12.3 Å². The van der Waals surface area contributed by atoms with Gasteiger partial charge in [0.15, 0.2) is 0 Å². The molecule has 0 aromatic carbocycles. The van der Waals surface area contributed by atoms with Gasteiger partial charge in [-0.1, -0.05) is 45.6 Å². The Hall–Kier alpha value is -0.640. The molecule has 4 heteroatoms. The summed E-state index contributed by atoms with van der Waals surface area (Å²) in [6.45, 7) is 9.43. The van der Waals surface area contributed by atoms with Crippen LogP contribution in [-0.4, -0.2) is 29.2 Å². The number of carbonyl (C=O) groups is 1. The van der Waals surface area contributed by atoms with Gasteiger partial charge in [0.2, 0.25) is 0 Å². The van der Waals surface area contributed by atoms with Gasteiger partial charge in [-0.2, -0.15) is 0 Å². The van der Waals surface area contributed by atoms with E-state index in [0.29, 0.717) is 6.54 Å². The highest BCUT2D eigenvalue weighted by Crippen LogP contribution is 2.13. The minimum atomic E-state index is 0.0208. The molecular formula is C14H28N2OS. The lowest BCUT2D eigenvalue weighted by molar-refractivity contribution is 0.228. The van der Waals surface area contributed by atoms with Crippen molar-refractivity contribution in [2.75, 3.05) is 18.8 Å². The normalized spacial score (nSPS) is 10.1. The average Bonchev–Trinajstić information content (AvgIpc) is 2.38. The Morgan fingerprint density at radius 1 is 1.22 bits per heavy atom. The molecule has 3 nitrogen and oxygen atoms in total. The number of rotatable bonds is 11. The smallest absolute Gasteiger partial charge is 0.327 e. The number of nitrogens with zero attached hydrogens (tertiary/aromatic N) is 1. The maximum Gasteiger partial charge on any atom is 0.327 e. The first-order valence-corrected chi connectivity index (χ1v) is 7.99. The predicted molar refractivity (Wildman–Crippen MR) is 81.8 cm³/mol. The van der Waals surface area contributed by atoms with Crippen LogP contribution < -0.4 is 5.32 Å². The minimum Gasteiger partial charge on any atom is -0.337 e. The van der Waals surface area contributed by atoms with Crippen molar-refractivity contribution < 1.29 is 4.79 Å². The van der Waals surface area contributed by atoms with Crippen molar-refractivity contribution in [2.24, 2.45) is 0 Å². The summed E-state index contributed by atoms with van der Waals surface area (Å²) < 4.78 is 1.77. The SMILES string of the molecule is C=CCN(SCCCCC)C(=O)NCCCCC. The van der Waals surface area contributed by atoms with Crippen molar-refractivity contribution in [1.82, 2.24) is 9.62 Å². The van der Waals surface area contributed by atoms with Crippen LogP contribution >= 0.6 is 11.9 Å². The van der Waals surface area contributed by atoms with E-state index in [1.165, 1.54) is 25.7 Å². The molecule has 0 aromatic rings. The van der Waals surface area contributed by atoms with E-state index in [1.54, 1.807) is 22.3 Å². The second-order valence-electron chi connectivity index (χ2n) is 4.33. The molecule has 0 aliphatic rings. The third-order valence-corrected chi connectivity index (χ3v) is 3.67. The molecule has 0 aliphatic carbocycles.